The number of hydrogen-bond acceptors (Lipinski definition) is 6. The quantitative estimate of drug-likeness (QED) is 0.531. The minimum atomic E-state index is -4.03. The Morgan fingerprint density at radius 2 is 2.08 bits per heavy atom. The van der Waals surface area contributed by atoms with Crippen LogP contribution in [0.3, 0.4) is 0 Å². The molecular weight excluding hydrogens is 336 g/mol. The van der Waals surface area contributed by atoms with E-state index in [0.29, 0.717) is 0 Å². The van der Waals surface area contributed by atoms with Gasteiger partial charge in [-0.15, -0.1) is 0 Å². The number of nitro groups is 1. The molecule has 0 fully saturated rings. The Hall–Kier alpha value is -2.20. The SMILES string of the molecule is CCC(C)N(C)C(=O)CCNc1ccc(S(N)(=O)=O)cc1[N+](=O)[O-]. The van der Waals surface area contributed by atoms with Crippen molar-refractivity contribution in [3.05, 3.63) is 28.3 Å². The lowest BCUT2D eigenvalue weighted by atomic mass is 10.2. The number of nitro benzene ring substituents is 1. The van der Waals surface area contributed by atoms with Crippen LogP contribution in [-0.2, 0) is 14.8 Å². The monoisotopic (exact) mass is 358 g/mol. The molecule has 0 saturated heterocycles. The van der Waals surface area contributed by atoms with Crippen LogP contribution in [0.4, 0.5) is 11.4 Å². The highest BCUT2D eigenvalue weighted by Crippen LogP contribution is 2.27. The number of sulfonamides is 1. The topological polar surface area (TPSA) is 136 Å². The zero-order chi connectivity index (χ0) is 18.5. The summed E-state index contributed by atoms with van der Waals surface area (Å²) in [5.74, 6) is -0.0827. The van der Waals surface area contributed by atoms with Gasteiger partial charge in [-0.2, -0.15) is 0 Å². The van der Waals surface area contributed by atoms with Crippen LogP contribution in [0.2, 0.25) is 0 Å². The van der Waals surface area contributed by atoms with E-state index in [4.69, 9.17) is 5.14 Å². The van der Waals surface area contributed by atoms with Gasteiger partial charge in [-0.25, -0.2) is 13.6 Å². The average molecular weight is 358 g/mol. The summed E-state index contributed by atoms with van der Waals surface area (Å²) in [6.07, 6.45) is 0.991. The first-order chi connectivity index (χ1) is 11.1. The van der Waals surface area contributed by atoms with Gasteiger partial charge in [-0.3, -0.25) is 14.9 Å². The van der Waals surface area contributed by atoms with Gasteiger partial charge in [-0.05, 0) is 25.5 Å². The molecule has 9 nitrogen and oxygen atoms in total. The van der Waals surface area contributed by atoms with Crippen LogP contribution in [-0.4, -0.2) is 43.8 Å². The van der Waals surface area contributed by atoms with E-state index in [1.807, 2.05) is 13.8 Å². The fourth-order valence-corrected chi connectivity index (χ4v) is 2.52. The molecule has 134 valence electrons. The van der Waals surface area contributed by atoms with E-state index in [-0.39, 0.29) is 35.5 Å². The lowest BCUT2D eigenvalue weighted by Gasteiger charge is -2.23. The molecule has 1 aromatic rings. The van der Waals surface area contributed by atoms with Crippen LogP contribution in [0.1, 0.15) is 26.7 Å². The van der Waals surface area contributed by atoms with Crippen molar-refractivity contribution in [2.24, 2.45) is 5.14 Å². The summed E-state index contributed by atoms with van der Waals surface area (Å²) >= 11 is 0. The Balaban J connectivity index is 2.82. The number of benzene rings is 1. The van der Waals surface area contributed by atoms with Gasteiger partial charge in [0.1, 0.15) is 5.69 Å². The normalized spacial score (nSPS) is 12.5. The van der Waals surface area contributed by atoms with Crippen molar-refractivity contribution in [2.75, 3.05) is 18.9 Å². The molecule has 24 heavy (non-hydrogen) atoms. The molecule has 0 heterocycles. The van der Waals surface area contributed by atoms with Gasteiger partial charge in [0, 0.05) is 32.1 Å². The van der Waals surface area contributed by atoms with Gasteiger partial charge in [0.2, 0.25) is 15.9 Å². The van der Waals surface area contributed by atoms with Crippen molar-refractivity contribution in [1.82, 2.24) is 4.90 Å². The minimum absolute atomic E-state index is 0.0827. The van der Waals surface area contributed by atoms with E-state index in [9.17, 15) is 23.3 Å². The molecule has 3 N–H and O–H groups in total. The Morgan fingerprint density at radius 3 is 2.58 bits per heavy atom. The maximum absolute atomic E-state index is 12.0. The molecule has 0 saturated carbocycles. The number of nitrogens with two attached hydrogens (primary N) is 1. The smallest absolute Gasteiger partial charge is 0.293 e. The van der Waals surface area contributed by atoms with E-state index < -0.39 is 20.6 Å². The summed E-state index contributed by atoms with van der Waals surface area (Å²) in [5.41, 5.74) is -0.282. The highest BCUT2D eigenvalue weighted by Gasteiger charge is 2.19. The molecule has 1 aromatic carbocycles. The Labute approximate surface area is 141 Å². The second kappa shape index (κ2) is 8.06. The maximum atomic E-state index is 12.0. The first kappa shape index (κ1) is 19.8. The first-order valence-electron chi connectivity index (χ1n) is 7.38. The number of primary sulfonamides is 1. The molecule has 0 radical (unpaired) electrons. The molecule has 0 aliphatic heterocycles. The molecule has 1 atom stereocenters. The van der Waals surface area contributed by atoms with Crippen LogP contribution in [0, 0.1) is 10.1 Å². The molecule has 1 amide bonds. The van der Waals surface area contributed by atoms with E-state index in [1.54, 1.807) is 11.9 Å². The lowest BCUT2D eigenvalue weighted by molar-refractivity contribution is -0.384. The molecule has 0 bridgehead atoms. The highest BCUT2D eigenvalue weighted by molar-refractivity contribution is 7.89. The molecule has 0 aromatic heterocycles. The lowest BCUT2D eigenvalue weighted by Crippen LogP contribution is -2.35. The summed E-state index contributed by atoms with van der Waals surface area (Å²) in [7, 11) is -2.32. The summed E-state index contributed by atoms with van der Waals surface area (Å²) < 4.78 is 22.5. The Kier molecular flexibility index (Phi) is 6.67. The van der Waals surface area contributed by atoms with Gasteiger partial charge in [0.15, 0.2) is 0 Å². The zero-order valence-electron chi connectivity index (χ0n) is 13.9. The minimum Gasteiger partial charge on any atom is -0.379 e. The number of nitrogens with one attached hydrogen (secondary N) is 1. The Bertz CT molecular complexity index is 720. The maximum Gasteiger partial charge on any atom is 0.293 e. The second-order valence-electron chi connectivity index (χ2n) is 5.42. The van der Waals surface area contributed by atoms with Gasteiger partial charge in [0.05, 0.1) is 9.82 Å². The molecule has 1 rings (SSSR count). The number of anilines is 1. The molecule has 0 aliphatic rings. The van der Waals surface area contributed by atoms with Crippen LogP contribution in [0.5, 0.6) is 0 Å². The standard InChI is InChI=1S/C14H22N4O5S/c1-4-10(2)17(3)14(19)7-8-16-12-6-5-11(24(15,22)23)9-13(12)18(20)21/h5-6,9-10,16H,4,7-8H2,1-3H3,(H2,15,22,23). The highest BCUT2D eigenvalue weighted by atomic mass is 32.2. The van der Waals surface area contributed by atoms with Crippen molar-refractivity contribution in [3.8, 4) is 0 Å². The second-order valence-corrected chi connectivity index (χ2v) is 6.98. The number of rotatable bonds is 8. The number of nitrogens with zero attached hydrogens (tertiary/aromatic N) is 2. The van der Waals surface area contributed by atoms with Crippen molar-refractivity contribution in [3.63, 3.8) is 0 Å². The third-order valence-electron chi connectivity index (χ3n) is 3.79. The van der Waals surface area contributed by atoms with Gasteiger partial charge >= 0.3 is 0 Å². The predicted molar refractivity (Wildman–Crippen MR) is 90.1 cm³/mol. The van der Waals surface area contributed by atoms with Gasteiger partial charge < -0.3 is 10.2 Å². The van der Waals surface area contributed by atoms with Gasteiger partial charge in [0.25, 0.3) is 5.69 Å². The van der Waals surface area contributed by atoms with E-state index in [0.717, 1.165) is 12.5 Å². The zero-order valence-corrected chi connectivity index (χ0v) is 14.7. The number of carbonyl (C=O) groups excluding carboxylic acids is 1. The van der Waals surface area contributed by atoms with Crippen LogP contribution in [0.25, 0.3) is 0 Å². The molecular formula is C14H22N4O5S. The van der Waals surface area contributed by atoms with E-state index >= 15 is 0 Å². The third-order valence-corrected chi connectivity index (χ3v) is 4.71. The fourth-order valence-electron chi connectivity index (χ4n) is 1.99. The Morgan fingerprint density at radius 1 is 1.46 bits per heavy atom. The summed E-state index contributed by atoms with van der Waals surface area (Å²) in [6, 6.07) is 3.45. The van der Waals surface area contributed by atoms with Crippen LogP contribution >= 0.6 is 0 Å². The summed E-state index contributed by atoms with van der Waals surface area (Å²) in [4.78, 5) is 23.7. The van der Waals surface area contributed by atoms with Crippen molar-refractivity contribution in [2.45, 2.75) is 37.6 Å². The molecule has 0 aliphatic carbocycles. The van der Waals surface area contributed by atoms with Gasteiger partial charge in [-0.1, -0.05) is 6.92 Å². The van der Waals surface area contributed by atoms with Crippen molar-refractivity contribution < 1.29 is 18.1 Å². The fraction of sp³-hybridized carbons (Fsp3) is 0.500. The van der Waals surface area contributed by atoms with Crippen LogP contribution < -0.4 is 10.5 Å². The average Bonchev–Trinajstić information content (AvgIpc) is 2.52. The molecule has 10 heteroatoms. The predicted octanol–water partition coefficient (Wildman–Crippen LogP) is 1.30. The number of carbonyl (C=O) groups is 1. The largest absolute Gasteiger partial charge is 0.379 e. The number of amides is 1. The van der Waals surface area contributed by atoms with E-state index in [1.165, 1.54) is 12.1 Å². The van der Waals surface area contributed by atoms with Crippen molar-refractivity contribution in [1.29, 1.82) is 0 Å². The summed E-state index contributed by atoms with van der Waals surface area (Å²) in [5, 5.41) is 18.8. The number of hydrogen-bond donors (Lipinski definition) is 2. The van der Waals surface area contributed by atoms with Crippen molar-refractivity contribution >= 4 is 27.3 Å². The summed E-state index contributed by atoms with van der Waals surface area (Å²) in [6.45, 7) is 4.10. The van der Waals surface area contributed by atoms with E-state index in [2.05, 4.69) is 5.32 Å². The molecule has 0 spiro atoms. The molecule has 1 unspecified atom stereocenters. The third kappa shape index (κ3) is 5.17. The first-order valence-corrected chi connectivity index (χ1v) is 8.93. The van der Waals surface area contributed by atoms with Crippen LogP contribution in [0.15, 0.2) is 23.1 Å².